The van der Waals surface area contributed by atoms with E-state index in [1.54, 1.807) is 0 Å². The maximum absolute atomic E-state index is 6.11. The van der Waals surface area contributed by atoms with E-state index in [0.29, 0.717) is 11.5 Å². The summed E-state index contributed by atoms with van der Waals surface area (Å²) in [5.74, 6) is 0. The van der Waals surface area contributed by atoms with Gasteiger partial charge in [-0.05, 0) is 42.3 Å². The molecule has 3 N–H and O–H groups in total. The Morgan fingerprint density at radius 1 is 1.26 bits per heavy atom. The van der Waals surface area contributed by atoms with Crippen molar-refractivity contribution in [1.29, 1.82) is 0 Å². The summed E-state index contributed by atoms with van der Waals surface area (Å²) in [5.41, 5.74) is 9.72. The van der Waals surface area contributed by atoms with Gasteiger partial charge in [-0.2, -0.15) is 0 Å². The van der Waals surface area contributed by atoms with E-state index in [9.17, 15) is 0 Å². The first-order chi connectivity index (χ1) is 9.08. The molecule has 2 aromatic rings. The summed E-state index contributed by atoms with van der Waals surface area (Å²) in [5, 5.41) is 4.11. The second-order valence-corrected chi connectivity index (χ2v) is 5.19. The Balaban J connectivity index is 2.11. The molecule has 0 atom stereocenters. The number of hydrogen-bond donors (Lipinski definition) is 2. The Kier molecular flexibility index (Phi) is 4.40. The van der Waals surface area contributed by atoms with Gasteiger partial charge in [0.05, 0.1) is 0 Å². The number of nitrogens with one attached hydrogen (secondary N) is 1. The Hall–Kier alpha value is -1.58. The highest BCUT2D eigenvalue weighted by Crippen LogP contribution is 2.19. The van der Waals surface area contributed by atoms with E-state index in [4.69, 9.17) is 29.6 Å². The molecule has 0 radical (unpaired) electrons. The lowest BCUT2D eigenvalue weighted by Crippen LogP contribution is -2.11. The number of halogens is 1. The molecule has 98 valence electrons. The van der Waals surface area contributed by atoms with Gasteiger partial charge in [0.25, 0.3) is 0 Å². The average molecular weight is 291 g/mol. The van der Waals surface area contributed by atoms with Crippen LogP contribution in [-0.2, 0) is 6.54 Å². The Bertz CT molecular complexity index is 611. The zero-order valence-corrected chi connectivity index (χ0v) is 12.2. The highest BCUT2D eigenvalue weighted by Gasteiger charge is 2.03. The molecule has 0 bridgehead atoms. The van der Waals surface area contributed by atoms with Gasteiger partial charge in [-0.15, -0.1) is 0 Å². The van der Waals surface area contributed by atoms with Crippen molar-refractivity contribution in [3.63, 3.8) is 0 Å². The van der Waals surface area contributed by atoms with E-state index in [-0.39, 0.29) is 0 Å². The third-order valence-corrected chi connectivity index (χ3v) is 3.52. The van der Waals surface area contributed by atoms with E-state index in [1.807, 2.05) is 49.4 Å². The Morgan fingerprint density at radius 2 is 2.00 bits per heavy atom. The van der Waals surface area contributed by atoms with E-state index >= 15 is 0 Å². The van der Waals surface area contributed by atoms with Crippen LogP contribution >= 0.6 is 23.8 Å². The van der Waals surface area contributed by atoms with Crippen molar-refractivity contribution in [3.8, 4) is 0 Å². The van der Waals surface area contributed by atoms with E-state index in [0.717, 1.165) is 27.4 Å². The van der Waals surface area contributed by atoms with Gasteiger partial charge in [0.15, 0.2) is 0 Å². The van der Waals surface area contributed by atoms with Crippen LogP contribution in [0, 0.1) is 6.92 Å². The molecule has 2 aromatic carbocycles. The number of thiocarbonyl (C=S) groups is 1. The van der Waals surface area contributed by atoms with Crippen LogP contribution < -0.4 is 11.1 Å². The summed E-state index contributed by atoms with van der Waals surface area (Å²) in [4.78, 5) is 0.426. The van der Waals surface area contributed by atoms with E-state index in [2.05, 4.69) is 5.32 Å². The second-order valence-electron chi connectivity index (χ2n) is 4.34. The fourth-order valence-corrected chi connectivity index (χ4v) is 2.32. The molecule has 0 saturated carbocycles. The fourth-order valence-electron chi connectivity index (χ4n) is 1.89. The normalized spacial score (nSPS) is 10.2. The minimum absolute atomic E-state index is 0.426. The summed E-state index contributed by atoms with van der Waals surface area (Å²) in [6, 6.07) is 13.7. The van der Waals surface area contributed by atoms with Crippen LogP contribution in [0.15, 0.2) is 42.5 Å². The molecule has 0 fully saturated rings. The first kappa shape index (κ1) is 13.8. The van der Waals surface area contributed by atoms with E-state index < -0.39 is 0 Å². The van der Waals surface area contributed by atoms with Crippen molar-refractivity contribution >= 4 is 34.5 Å². The number of aryl methyl sites for hydroxylation is 1. The minimum Gasteiger partial charge on any atom is -0.389 e. The molecule has 0 aliphatic carbocycles. The smallest absolute Gasteiger partial charge is 0.104 e. The van der Waals surface area contributed by atoms with Gasteiger partial charge < -0.3 is 11.1 Å². The topological polar surface area (TPSA) is 38.0 Å². The molecule has 0 unspecified atom stereocenters. The molecule has 0 amide bonds. The van der Waals surface area contributed by atoms with Crippen molar-refractivity contribution in [2.24, 2.45) is 5.73 Å². The van der Waals surface area contributed by atoms with Crippen LogP contribution in [-0.4, -0.2) is 4.99 Å². The minimum atomic E-state index is 0.426. The summed E-state index contributed by atoms with van der Waals surface area (Å²) >= 11 is 11.1. The van der Waals surface area contributed by atoms with Crippen LogP contribution in [0.2, 0.25) is 5.02 Å². The Morgan fingerprint density at radius 3 is 2.63 bits per heavy atom. The molecule has 2 rings (SSSR count). The van der Waals surface area contributed by atoms with Crippen LogP contribution in [0.5, 0.6) is 0 Å². The zero-order chi connectivity index (χ0) is 13.8. The van der Waals surface area contributed by atoms with Gasteiger partial charge in [-0.25, -0.2) is 0 Å². The predicted octanol–water partition coefficient (Wildman–Crippen LogP) is 3.89. The molecule has 0 aliphatic heterocycles. The van der Waals surface area contributed by atoms with Crippen molar-refractivity contribution in [3.05, 3.63) is 64.2 Å². The van der Waals surface area contributed by atoms with Gasteiger partial charge in [0, 0.05) is 22.8 Å². The molecule has 0 saturated heterocycles. The second kappa shape index (κ2) is 6.04. The standard InChI is InChI=1S/C15H15ClN2S/c1-10-8-12(6-7-13(10)15(17)19)18-9-11-4-2-3-5-14(11)16/h2-8,18H,9H2,1H3,(H2,17,19). The maximum atomic E-state index is 6.11. The molecule has 4 heteroatoms. The lowest BCUT2D eigenvalue weighted by Gasteiger charge is -2.10. The van der Waals surface area contributed by atoms with Crippen LogP contribution in [0.1, 0.15) is 16.7 Å². The number of rotatable bonds is 4. The van der Waals surface area contributed by atoms with Crippen molar-refractivity contribution in [2.75, 3.05) is 5.32 Å². The van der Waals surface area contributed by atoms with Crippen molar-refractivity contribution < 1.29 is 0 Å². The summed E-state index contributed by atoms with van der Waals surface area (Å²) in [7, 11) is 0. The first-order valence-electron chi connectivity index (χ1n) is 5.95. The third kappa shape index (κ3) is 3.46. The number of benzene rings is 2. The fraction of sp³-hybridized carbons (Fsp3) is 0.133. The van der Waals surface area contributed by atoms with Gasteiger partial charge >= 0.3 is 0 Å². The van der Waals surface area contributed by atoms with E-state index in [1.165, 1.54) is 0 Å². The largest absolute Gasteiger partial charge is 0.389 e. The van der Waals surface area contributed by atoms with Gasteiger partial charge in [-0.1, -0.05) is 42.0 Å². The first-order valence-corrected chi connectivity index (χ1v) is 6.74. The average Bonchev–Trinajstić information content (AvgIpc) is 2.37. The van der Waals surface area contributed by atoms with Crippen LogP contribution in [0.3, 0.4) is 0 Å². The monoisotopic (exact) mass is 290 g/mol. The summed E-state index contributed by atoms with van der Waals surface area (Å²) in [6.07, 6.45) is 0. The molecule has 2 nitrogen and oxygen atoms in total. The Labute approximate surface area is 123 Å². The van der Waals surface area contributed by atoms with Crippen molar-refractivity contribution in [1.82, 2.24) is 0 Å². The SMILES string of the molecule is Cc1cc(NCc2ccccc2Cl)ccc1C(N)=S. The van der Waals surface area contributed by atoms with Gasteiger partial charge in [-0.3, -0.25) is 0 Å². The molecule has 0 spiro atoms. The lowest BCUT2D eigenvalue weighted by atomic mass is 10.1. The molecule has 19 heavy (non-hydrogen) atoms. The number of anilines is 1. The predicted molar refractivity (Wildman–Crippen MR) is 85.8 cm³/mol. The highest BCUT2D eigenvalue weighted by molar-refractivity contribution is 7.80. The molecular weight excluding hydrogens is 276 g/mol. The lowest BCUT2D eigenvalue weighted by molar-refractivity contribution is 1.15. The maximum Gasteiger partial charge on any atom is 0.104 e. The summed E-state index contributed by atoms with van der Waals surface area (Å²) in [6.45, 7) is 2.68. The zero-order valence-electron chi connectivity index (χ0n) is 10.6. The van der Waals surface area contributed by atoms with Gasteiger partial charge in [0.2, 0.25) is 0 Å². The number of hydrogen-bond acceptors (Lipinski definition) is 2. The van der Waals surface area contributed by atoms with Crippen molar-refractivity contribution in [2.45, 2.75) is 13.5 Å². The van der Waals surface area contributed by atoms with Crippen LogP contribution in [0.4, 0.5) is 5.69 Å². The number of nitrogens with two attached hydrogens (primary N) is 1. The molecule has 0 aliphatic rings. The highest BCUT2D eigenvalue weighted by atomic mass is 35.5. The summed E-state index contributed by atoms with van der Waals surface area (Å²) < 4.78 is 0. The molecule has 0 aromatic heterocycles. The molecular formula is C15H15ClN2S. The molecule has 0 heterocycles. The van der Waals surface area contributed by atoms with Gasteiger partial charge in [0.1, 0.15) is 4.99 Å². The quantitative estimate of drug-likeness (QED) is 0.839. The third-order valence-electron chi connectivity index (χ3n) is 2.93. The van der Waals surface area contributed by atoms with Crippen LogP contribution in [0.25, 0.3) is 0 Å².